The SMILES string of the molecule is CC(=O)N(C)c1ccc(NS(=O)(=O)c2ccc(F)c(C(F)(F)F)c2)cc1. The van der Waals surface area contributed by atoms with Crippen LogP contribution in [0.15, 0.2) is 47.4 Å². The maximum Gasteiger partial charge on any atom is 0.419 e. The van der Waals surface area contributed by atoms with Gasteiger partial charge in [0.2, 0.25) is 5.91 Å². The third kappa shape index (κ3) is 4.31. The van der Waals surface area contributed by atoms with E-state index >= 15 is 0 Å². The van der Waals surface area contributed by atoms with Crippen molar-refractivity contribution in [3.8, 4) is 0 Å². The lowest BCUT2D eigenvalue weighted by Crippen LogP contribution is -2.22. The normalized spacial score (nSPS) is 11.9. The van der Waals surface area contributed by atoms with E-state index in [1.54, 1.807) is 0 Å². The van der Waals surface area contributed by atoms with Crippen LogP contribution in [0.3, 0.4) is 0 Å². The minimum absolute atomic E-state index is 0.0728. The molecular formula is C16H14F4N2O3S. The molecule has 0 spiro atoms. The molecule has 0 saturated carbocycles. The van der Waals surface area contributed by atoms with Crippen LogP contribution in [-0.2, 0) is 21.0 Å². The highest BCUT2D eigenvalue weighted by Gasteiger charge is 2.35. The van der Waals surface area contributed by atoms with E-state index in [9.17, 15) is 30.8 Å². The number of alkyl halides is 3. The fourth-order valence-electron chi connectivity index (χ4n) is 2.04. The molecule has 10 heteroatoms. The van der Waals surface area contributed by atoms with Gasteiger partial charge in [0.05, 0.1) is 10.5 Å². The lowest BCUT2D eigenvalue weighted by Gasteiger charge is -2.16. The molecule has 0 heterocycles. The lowest BCUT2D eigenvalue weighted by atomic mass is 10.2. The van der Waals surface area contributed by atoms with Crippen LogP contribution >= 0.6 is 0 Å². The maximum absolute atomic E-state index is 13.3. The Kier molecular flexibility index (Phi) is 5.26. The second-order valence-electron chi connectivity index (χ2n) is 5.37. The Morgan fingerprint density at radius 2 is 1.65 bits per heavy atom. The van der Waals surface area contributed by atoms with Gasteiger partial charge in [-0.3, -0.25) is 9.52 Å². The summed E-state index contributed by atoms with van der Waals surface area (Å²) in [4.78, 5) is 11.9. The zero-order valence-corrected chi connectivity index (χ0v) is 14.5. The van der Waals surface area contributed by atoms with Gasteiger partial charge in [-0.1, -0.05) is 0 Å². The van der Waals surface area contributed by atoms with Gasteiger partial charge in [0.15, 0.2) is 0 Å². The summed E-state index contributed by atoms with van der Waals surface area (Å²) in [7, 11) is -2.83. The molecule has 2 aromatic rings. The molecule has 0 unspecified atom stereocenters. The van der Waals surface area contributed by atoms with E-state index in [4.69, 9.17) is 0 Å². The Morgan fingerprint density at radius 1 is 1.08 bits per heavy atom. The molecule has 0 radical (unpaired) electrons. The molecule has 0 fully saturated rings. The lowest BCUT2D eigenvalue weighted by molar-refractivity contribution is -0.140. The largest absolute Gasteiger partial charge is 0.419 e. The zero-order chi connectivity index (χ0) is 19.7. The van der Waals surface area contributed by atoms with Gasteiger partial charge in [0.25, 0.3) is 10.0 Å². The van der Waals surface area contributed by atoms with Crippen molar-refractivity contribution < 1.29 is 30.8 Å². The van der Waals surface area contributed by atoms with Crippen LogP contribution in [-0.4, -0.2) is 21.4 Å². The summed E-state index contributed by atoms with van der Waals surface area (Å²) >= 11 is 0. The smallest absolute Gasteiger partial charge is 0.316 e. The zero-order valence-electron chi connectivity index (χ0n) is 13.6. The molecule has 2 rings (SSSR count). The number of anilines is 2. The van der Waals surface area contributed by atoms with Crippen molar-refractivity contribution in [3.63, 3.8) is 0 Å². The second-order valence-corrected chi connectivity index (χ2v) is 7.05. The van der Waals surface area contributed by atoms with Gasteiger partial charge in [-0.25, -0.2) is 12.8 Å². The van der Waals surface area contributed by atoms with E-state index in [1.807, 2.05) is 0 Å². The molecule has 0 aliphatic rings. The van der Waals surface area contributed by atoms with Crippen molar-refractivity contribution in [2.24, 2.45) is 0 Å². The summed E-state index contributed by atoms with van der Waals surface area (Å²) < 4.78 is 78.1. The third-order valence-corrected chi connectivity index (χ3v) is 4.91. The van der Waals surface area contributed by atoms with E-state index in [-0.39, 0.29) is 17.7 Å². The van der Waals surface area contributed by atoms with E-state index in [0.29, 0.717) is 11.8 Å². The van der Waals surface area contributed by atoms with Gasteiger partial charge in [0, 0.05) is 25.3 Å². The number of carbonyl (C=O) groups is 1. The van der Waals surface area contributed by atoms with Crippen LogP contribution in [0.1, 0.15) is 12.5 Å². The van der Waals surface area contributed by atoms with Gasteiger partial charge in [-0.05, 0) is 42.5 Å². The first kappa shape index (κ1) is 19.7. The first-order valence-corrected chi connectivity index (χ1v) is 8.64. The molecule has 0 aliphatic carbocycles. The highest BCUT2D eigenvalue weighted by atomic mass is 32.2. The van der Waals surface area contributed by atoms with Crippen molar-refractivity contribution in [2.45, 2.75) is 18.0 Å². The molecule has 140 valence electrons. The predicted molar refractivity (Wildman–Crippen MR) is 87.7 cm³/mol. The van der Waals surface area contributed by atoms with E-state index in [1.165, 1.54) is 43.1 Å². The van der Waals surface area contributed by atoms with Gasteiger partial charge in [-0.2, -0.15) is 13.2 Å². The number of halogens is 4. The van der Waals surface area contributed by atoms with Crippen LogP contribution in [0.4, 0.5) is 28.9 Å². The molecule has 0 aromatic heterocycles. The van der Waals surface area contributed by atoms with Crippen molar-refractivity contribution in [1.82, 2.24) is 0 Å². The summed E-state index contributed by atoms with van der Waals surface area (Å²) in [6, 6.07) is 7.04. The van der Waals surface area contributed by atoms with Crippen molar-refractivity contribution in [2.75, 3.05) is 16.7 Å². The topological polar surface area (TPSA) is 66.5 Å². The van der Waals surface area contributed by atoms with E-state index < -0.39 is 32.5 Å². The summed E-state index contributed by atoms with van der Waals surface area (Å²) in [6.07, 6.45) is -5.02. The first-order valence-electron chi connectivity index (χ1n) is 7.16. The Hall–Kier alpha value is -2.62. The number of sulfonamides is 1. The maximum atomic E-state index is 13.3. The molecule has 26 heavy (non-hydrogen) atoms. The summed E-state index contributed by atoms with van der Waals surface area (Å²) in [5.41, 5.74) is -1.09. The summed E-state index contributed by atoms with van der Waals surface area (Å²) in [5, 5.41) is 0. The minimum atomic E-state index is -5.02. The molecule has 1 N–H and O–H groups in total. The monoisotopic (exact) mass is 390 g/mol. The van der Waals surface area contributed by atoms with Crippen molar-refractivity contribution in [1.29, 1.82) is 0 Å². The molecular weight excluding hydrogens is 376 g/mol. The van der Waals surface area contributed by atoms with Crippen LogP contribution < -0.4 is 9.62 Å². The molecule has 5 nitrogen and oxygen atoms in total. The first-order chi connectivity index (χ1) is 11.9. The molecule has 2 aromatic carbocycles. The third-order valence-electron chi connectivity index (χ3n) is 3.53. The summed E-state index contributed by atoms with van der Waals surface area (Å²) in [5.74, 6) is -1.79. The van der Waals surface area contributed by atoms with Crippen LogP contribution in [0.25, 0.3) is 0 Å². The van der Waals surface area contributed by atoms with Gasteiger partial charge >= 0.3 is 6.18 Å². The molecule has 0 aliphatic heterocycles. The van der Waals surface area contributed by atoms with Crippen LogP contribution in [0, 0.1) is 5.82 Å². The fourth-order valence-corrected chi connectivity index (χ4v) is 3.12. The Balaban J connectivity index is 2.31. The van der Waals surface area contributed by atoms with Gasteiger partial charge in [-0.15, -0.1) is 0 Å². The second kappa shape index (κ2) is 6.94. The fraction of sp³-hybridized carbons (Fsp3) is 0.188. The van der Waals surface area contributed by atoms with Crippen molar-refractivity contribution >= 4 is 27.3 Å². The number of carbonyl (C=O) groups excluding carboxylic acids is 1. The van der Waals surface area contributed by atoms with Crippen LogP contribution in [0.5, 0.6) is 0 Å². The Labute approximate surface area is 147 Å². The molecule has 0 saturated heterocycles. The van der Waals surface area contributed by atoms with E-state index in [2.05, 4.69) is 4.72 Å². The Morgan fingerprint density at radius 3 is 2.15 bits per heavy atom. The minimum Gasteiger partial charge on any atom is -0.316 e. The number of nitrogens with one attached hydrogen (secondary N) is 1. The number of hydrogen-bond donors (Lipinski definition) is 1. The standard InChI is InChI=1S/C16H14F4N2O3S/c1-10(23)22(2)12-5-3-11(4-6-12)21-26(24,25)13-7-8-15(17)14(9-13)16(18,19)20/h3-9,21H,1-2H3. The predicted octanol–water partition coefficient (Wildman–Crippen LogP) is 3.63. The quantitative estimate of drug-likeness (QED) is 0.811. The Bertz CT molecular complexity index is 926. The highest BCUT2D eigenvalue weighted by Crippen LogP contribution is 2.33. The molecule has 0 atom stereocenters. The highest BCUT2D eigenvalue weighted by molar-refractivity contribution is 7.92. The number of rotatable bonds is 4. The average Bonchev–Trinajstić information content (AvgIpc) is 2.53. The van der Waals surface area contributed by atoms with Crippen molar-refractivity contribution in [3.05, 3.63) is 53.8 Å². The number of hydrogen-bond acceptors (Lipinski definition) is 3. The number of benzene rings is 2. The summed E-state index contributed by atoms with van der Waals surface area (Å²) in [6.45, 7) is 1.35. The average molecular weight is 390 g/mol. The van der Waals surface area contributed by atoms with E-state index in [0.717, 1.165) is 6.07 Å². The number of nitrogens with zero attached hydrogens (tertiary/aromatic N) is 1. The van der Waals surface area contributed by atoms with Crippen LogP contribution in [0.2, 0.25) is 0 Å². The van der Waals surface area contributed by atoms with Gasteiger partial charge < -0.3 is 4.90 Å². The molecule has 0 bridgehead atoms. The molecule has 1 amide bonds. The number of amides is 1. The van der Waals surface area contributed by atoms with Gasteiger partial charge in [0.1, 0.15) is 5.82 Å².